The Balaban J connectivity index is 1.19. The van der Waals surface area contributed by atoms with Gasteiger partial charge in [-0.25, -0.2) is 0 Å². The van der Waals surface area contributed by atoms with Gasteiger partial charge in [0.25, 0.3) is 11.6 Å². The molecule has 2 heterocycles. The molecule has 0 atom stereocenters. The topological polar surface area (TPSA) is 69.9 Å². The lowest BCUT2D eigenvalue weighted by Gasteiger charge is -2.36. The van der Waals surface area contributed by atoms with E-state index in [1.807, 2.05) is 12.1 Å². The average Bonchev–Trinajstić information content (AvgIpc) is 3.16. The highest BCUT2D eigenvalue weighted by Crippen LogP contribution is 2.33. The molecule has 2 aromatic rings. The highest BCUT2D eigenvalue weighted by molar-refractivity contribution is 5.99. The molecule has 0 unspecified atom stereocenters. The molecule has 0 N–H and O–H groups in total. The molecule has 3 aliphatic rings. The smallest absolute Gasteiger partial charge is 0.269 e. The first-order valence-corrected chi connectivity index (χ1v) is 11.7. The van der Waals surface area contributed by atoms with Crippen molar-refractivity contribution < 1.29 is 9.72 Å². The van der Waals surface area contributed by atoms with Gasteiger partial charge in [0.1, 0.15) is 0 Å². The Morgan fingerprint density at radius 3 is 2.34 bits per heavy atom. The number of nitro benzene ring substituents is 1. The summed E-state index contributed by atoms with van der Waals surface area (Å²) < 4.78 is 0. The molecule has 0 radical (unpaired) electrons. The predicted octanol–water partition coefficient (Wildman–Crippen LogP) is 4.21. The summed E-state index contributed by atoms with van der Waals surface area (Å²) in [6.07, 6.45) is 6.05. The number of nitrogens with zero attached hydrogens (tertiary/aromatic N) is 4. The van der Waals surface area contributed by atoms with Crippen LogP contribution in [0.3, 0.4) is 0 Å². The van der Waals surface area contributed by atoms with Crippen LogP contribution < -0.4 is 4.90 Å². The number of hydrogen-bond donors (Lipinski definition) is 0. The second kappa shape index (κ2) is 8.90. The van der Waals surface area contributed by atoms with E-state index in [1.165, 1.54) is 24.8 Å². The van der Waals surface area contributed by atoms with Gasteiger partial charge < -0.3 is 9.80 Å². The van der Waals surface area contributed by atoms with E-state index >= 15 is 0 Å². The van der Waals surface area contributed by atoms with Crippen LogP contribution in [0, 0.1) is 10.1 Å². The van der Waals surface area contributed by atoms with Crippen LogP contribution in [-0.2, 0) is 13.1 Å². The van der Waals surface area contributed by atoms with Crippen LogP contribution in [-0.4, -0.2) is 52.9 Å². The van der Waals surface area contributed by atoms with Gasteiger partial charge in [0.2, 0.25) is 0 Å². The molecular weight excluding hydrogens is 404 g/mol. The largest absolute Gasteiger partial charge is 0.369 e. The van der Waals surface area contributed by atoms with E-state index in [9.17, 15) is 14.9 Å². The van der Waals surface area contributed by atoms with E-state index in [0.29, 0.717) is 6.04 Å². The summed E-state index contributed by atoms with van der Waals surface area (Å²) in [5.74, 6) is 0.213. The number of piperazine rings is 1. The maximum absolute atomic E-state index is 13.1. The van der Waals surface area contributed by atoms with Crippen molar-refractivity contribution in [2.24, 2.45) is 0 Å². The molecule has 1 aliphatic carbocycles. The van der Waals surface area contributed by atoms with Crippen LogP contribution in [0.15, 0.2) is 42.5 Å². The normalized spacial score (nSPS) is 19.9. The number of carbonyl (C=O) groups is 1. The Kier molecular flexibility index (Phi) is 5.83. The molecule has 168 valence electrons. The first-order valence-electron chi connectivity index (χ1n) is 11.7. The van der Waals surface area contributed by atoms with Crippen LogP contribution in [0.2, 0.25) is 0 Å². The summed E-state index contributed by atoms with van der Waals surface area (Å²) in [4.78, 5) is 30.4. The minimum Gasteiger partial charge on any atom is -0.369 e. The Morgan fingerprint density at radius 2 is 1.66 bits per heavy atom. The van der Waals surface area contributed by atoms with Crippen molar-refractivity contribution in [3.63, 3.8) is 0 Å². The zero-order chi connectivity index (χ0) is 22.1. The van der Waals surface area contributed by atoms with Crippen LogP contribution in [0.5, 0.6) is 0 Å². The zero-order valence-electron chi connectivity index (χ0n) is 18.4. The van der Waals surface area contributed by atoms with Crippen molar-refractivity contribution in [3.8, 4) is 0 Å². The van der Waals surface area contributed by atoms with Gasteiger partial charge in [-0.2, -0.15) is 0 Å². The van der Waals surface area contributed by atoms with Crippen molar-refractivity contribution in [1.82, 2.24) is 9.80 Å². The molecular formula is C25H30N4O3. The minimum absolute atomic E-state index is 0.131. The number of anilines is 1. The number of carbonyl (C=O) groups excluding carboxylic acids is 1. The molecule has 7 nitrogen and oxygen atoms in total. The van der Waals surface area contributed by atoms with Gasteiger partial charge in [0, 0.05) is 68.7 Å². The number of nitro groups is 1. The first-order chi connectivity index (χ1) is 15.6. The van der Waals surface area contributed by atoms with Gasteiger partial charge in [-0.05, 0) is 36.1 Å². The Morgan fingerprint density at radius 1 is 0.938 bits per heavy atom. The van der Waals surface area contributed by atoms with E-state index in [0.717, 1.165) is 68.9 Å². The van der Waals surface area contributed by atoms with Crippen molar-refractivity contribution in [3.05, 3.63) is 69.3 Å². The van der Waals surface area contributed by atoms with Gasteiger partial charge in [-0.3, -0.25) is 19.8 Å². The molecule has 0 bridgehead atoms. The van der Waals surface area contributed by atoms with Crippen LogP contribution in [0.25, 0.3) is 0 Å². The zero-order valence-corrected chi connectivity index (χ0v) is 18.4. The number of hydrogen-bond acceptors (Lipinski definition) is 5. The van der Waals surface area contributed by atoms with Gasteiger partial charge in [0.05, 0.1) is 4.92 Å². The highest BCUT2D eigenvalue weighted by atomic mass is 16.6. The van der Waals surface area contributed by atoms with Gasteiger partial charge in [-0.1, -0.05) is 37.5 Å². The number of rotatable bonds is 5. The van der Waals surface area contributed by atoms with Crippen LogP contribution in [0.1, 0.15) is 53.6 Å². The molecule has 0 spiro atoms. The fourth-order valence-electron chi connectivity index (χ4n) is 5.34. The van der Waals surface area contributed by atoms with E-state index < -0.39 is 0 Å². The summed E-state index contributed by atoms with van der Waals surface area (Å²) in [6, 6.07) is 13.7. The standard InChI is InChI=1S/C25H30N4O3/c30-25-24-16-23(11-8-20(24)18-28(25)21-4-2-1-3-5-21)27-14-12-26(13-15-27)17-19-6-9-22(10-7-19)29(31)32/h6-11,16,21H,1-5,12-15,17-18H2. The molecule has 1 saturated carbocycles. The van der Waals surface area contributed by atoms with Gasteiger partial charge in [0.15, 0.2) is 0 Å². The Labute approximate surface area is 188 Å². The minimum atomic E-state index is -0.363. The van der Waals surface area contributed by atoms with E-state index in [-0.39, 0.29) is 16.5 Å². The SMILES string of the molecule is O=C1c2cc(N3CCN(Cc4ccc([N+](=O)[O-])cc4)CC3)ccc2CN1C1CCCCC1. The summed E-state index contributed by atoms with van der Waals surface area (Å²) >= 11 is 0. The third-order valence-electron chi connectivity index (χ3n) is 7.23. The third kappa shape index (κ3) is 4.21. The van der Waals surface area contributed by atoms with Crippen molar-refractivity contribution in [2.75, 3.05) is 31.1 Å². The number of amides is 1. The lowest BCUT2D eigenvalue weighted by Crippen LogP contribution is -2.46. The number of benzene rings is 2. The highest BCUT2D eigenvalue weighted by Gasteiger charge is 2.33. The third-order valence-corrected chi connectivity index (χ3v) is 7.23. The molecule has 0 aromatic heterocycles. The monoisotopic (exact) mass is 434 g/mol. The fraction of sp³-hybridized carbons (Fsp3) is 0.480. The molecule has 1 amide bonds. The lowest BCUT2D eigenvalue weighted by molar-refractivity contribution is -0.384. The summed E-state index contributed by atoms with van der Waals surface area (Å²) in [5.41, 5.74) is 4.42. The van der Waals surface area contributed by atoms with E-state index in [1.54, 1.807) is 12.1 Å². The fourth-order valence-corrected chi connectivity index (χ4v) is 5.34. The quantitative estimate of drug-likeness (QED) is 0.521. The van der Waals surface area contributed by atoms with Gasteiger partial charge in [-0.15, -0.1) is 0 Å². The molecule has 32 heavy (non-hydrogen) atoms. The molecule has 2 fully saturated rings. The predicted molar refractivity (Wildman–Crippen MR) is 124 cm³/mol. The molecule has 7 heteroatoms. The molecule has 2 aromatic carbocycles. The summed E-state index contributed by atoms with van der Waals surface area (Å²) in [7, 11) is 0. The van der Waals surface area contributed by atoms with Crippen molar-refractivity contribution in [2.45, 2.75) is 51.2 Å². The second-order valence-electron chi connectivity index (χ2n) is 9.25. The Bertz CT molecular complexity index is 993. The second-order valence-corrected chi connectivity index (χ2v) is 9.25. The van der Waals surface area contributed by atoms with E-state index in [4.69, 9.17) is 0 Å². The molecule has 1 saturated heterocycles. The number of fused-ring (bicyclic) bond motifs is 1. The van der Waals surface area contributed by atoms with Crippen molar-refractivity contribution >= 4 is 17.3 Å². The maximum Gasteiger partial charge on any atom is 0.269 e. The average molecular weight is 435 g/mol. The summed E-state index contributed by atoms with van der Waals surface area (Å²) in [6.45, 7) is 5.23. The van der Waals surface area contributed by atoms with E-state index in [2.05, 4.69) is 32.9 Å². The van der Waals surface area contributed by atoms with Crippen LogP contribution in [0.4, 0.5) is 11.4 Å². The molecule has 5 rings (SSSR count). The first kappa shape index (κ1) is 20.9. The lowest BCUT2D eigenvalue weighted by atomic mass is 9.94. The van der Waals surface area contributed by atoms with Gasteiger partial charge >= 0.3 is 0 Å². The Hall–Kier alpha value is -2.93. The number of non-ortho nitro benzene ring substituents is 1. The van der Waals surface area contributed by atoms with Crippen molar-refractivity contribution in [1.29, 1.82) is 0 Å². The molecule has 2 aliphatic heterocycles. The van der Waals surface area contributed by atoms with Crippen LogP contribution >= 0.6 is 0 Å². The maximum atomic E-state index is 13.1. The summed E-state index contributed by atoms with van der Waals surface area (Å²) in [5, 5.41) is 10.8.